The predicted octanol–water partition coefficient (Wildman–Crippen LogP) is 4.44. The highest BCUT2D eigenvalue weighted by Crippen LogP contribution is 2.27. The number of carbonyl (C=O) groups excluding carboxylic acids is 1. The Balaban J connectivity index is 1.57. The van der Waals surface area contributed by atoms with E-state index in [9.17, 15) is 4.79 Å². The van der Waals surface area contributed by atoms with Crippen molar-refractivity contribution in [2.45, 2.75) is 37.8 Å². The molecule has 1 aliphatic rings. The Hall–Kier alpha value is -1.94. The third kappa shape index (κ3) is 4.24. The molecule has 0 N–H and O–H groups in total. The molecule has 0 radical (unpaired) electrons. The van der Waals surface area contributed by atoms with Crippen LogP contribution in [0.25, 0.3) is 0 Å². The van der Waals surface area contributed by atoms with Crippen molar-refractivity contribution in [3.8, 4) is 0 Å². The van der Waals surface area contributed by atoms with Gasteiger partial charge in [0.05, 0.1) is 5.25 Å². The molecule has 2 aromatic carbocycles. The van der Waals surface area contributed by atoms with E-state index in [1.807, 2.05) is 11.8 Å². The molecule has 0 bridgehead atoms. The molecule has 2 aromatic rings. The predicted molar refractivity (Wildman–Crippen MR) is 111 cm³/mol. The van der Waals surface area contributed by atoms with E-state index in [0.717, 1.165) is 31.1 Å². The lowest BCUT2D eigenvalue weighted by Crippen LogP contribution is -2.50. The minimum atomic E-state index is -0.0510. The summed E-state index contributed by atoms with van der Waals surface area (Å²) in [7, 11) is 0. The maximum absolute atomic E-state index is 12.8. The highest BCUT2D eigenvalue weighted by atomic mass is 32.2. The van der Waals surface area contributed by atoms with Gasteiger partial charge < -0.3 is 9.80 Å². The van der Waals surface area contributed by atoms with Crippen molar-refractivity contribution >= 4 is 23.4 Å². The van der Waals surface area contributed by atoms with Gasteiger partial charge in [-0.3, -0.25) is 4.79 Å². The molecule has 0 unspecified atom stereocenters. The first-order valence-corrected chi connectivity index (χ1v) is 10.2. The summed E-state index contributed by atoms with van der Waals surface area (Å²) in [5.41, 5.74) is 5.22. The van der Waals surface area contributed by atoms with E-state index in [4.69, 9.17) is 0 Å². The average molecular weight is 369 g/mol. The van der Waals surface area contributed by atoms with Gasteiger partial charge in [-0.2, -0.15) is 0 Å². The number of amides is 1. The third-order valence-corrected chi connectivity index (χ3v) is 6.29. The SMILES string of the molecule is Cc1ccc(S[C@@H](C)C(=O)N2CCN(c3cccc(C)c3C)CC2)cc1. The number of piperazine rings is 1. The molecule has 1 aliphatic heterocycles. The molecule has 0 saturated carbocycles. The van der Waals surface area contributed by atoms with Crippen LogP contribution in [0.15, 0.2) is 47.4 Å². The van der Waals surface area contributed by atoms with E-state index in [0.29, 0.717) is 0 Å². The number of hydrogen-bond donors (Lipinski definition) is 0. The summed E-state index contributed by atoms with van der Waals surface area (Å²) in [4.78, 5) is 18.4. The molecule has 138 valence electrons. The minimum Gasteiger partial charge on any atom is -0.368 e. The number of aryl methyl sites for hydroxylation is 2. The van der Waals surface area contributed by atoms with Crippen LogP contribution in [0.2, 0.25) is 0 Å². The van der Waals surface area contributed by atoms with Crippen LogP contribution in [-0.4, -0.2) is 42.2 Å². The highest BCUT2D eigenvalue weighted by Gasteiger charge is 2.26. The van der Waals surface area contributed by atoms with Crippen LogP contribution >= 0.6 is 11.8 Å². The molecule has 1 atom stereocenters. The summed E-state index contributed by atoms with van der Waals surface area (Å²) in [5.74, 6) is 0.246. The number of nitrogens with zero attached hydrogens (tertiary/aromatic N) is 2. The molecular formula is C22H28N2OS. The number of benzene rings is 2. The minimum absolute atomic E-state index is 0.0510. The van der Waals surface area contributed by atoms with E-state index >= 15 is 0 Å². The second-order valence-corrected chi connectivity index (χ2v) is 8.52. The fourth-order valence-electron chi connectivity index (χ4n) is 3.37. The molecule has 1 amide bonds. The average Bonchev–Trinajstić information content (AvgIpc) is 2.65. The topological polar surface area (TPSA) is 23.6 Å². The number of thioether (sulfide) groups is 1. The van der Waals surface area contributed by atoms with Crippen LogP contribution in [0.5, 0.6) is 0 Å². The van der Waals surface area contributed by atoms with Crippen LogP contribution < -0.4 is 4.90 Å². The van der Waals surface area contributed by atoms with E-state index in [1.165, 1.54) is 22.4 Å². The molecule has 4 heteroatoms. The molecular weight excluding hydrogens is 340 g/mol. The van der Waals surface area contributed by atoms with E-state index in [1.54, 1.807) is 11.8 Å². The van der Waals surface area contributed by atoms with Gasteiger partial charge in [-0.05, 0) is 57.0 Å². The highest BCUT2D eigenvalue weighted by molar-refractivity contribution is 8.00. The van der Waals surface area contributed by atoms with E-state index in [-0.39, 0.29) is 11.2 Å². The molecule has 1 fully saturated rings. The Labute approximate surface area is 161 Å². The maximum Gasteiger partial charge on any atom is 0.235 e. The van der Waals surface area contributed by atoms with E-state index < -0.39 is 0 Å². The number of carbonyl (C=O) groups is 1. The molecule has 1 heterocycles. The second kappa shape index (κ2) is 8.17. The van der Waals surface area contributed by atoms with Crippen LogP contribution in [0, 0.1) is 20.8 Å². The van der Waals surface area contributed by atoms with Gasteiger partial charge >= 0.3 is 0 Å². The molecule has 1 saturated heterocycles. The largest absolute Gasteiger partial charge is 0.368 e. The van der Waals surface area contributed by atoms with Gasteiger partial charge in [0, 0.05) is 36.8 Å². The summed E-state index contributed by atoms with van der Waals surface area (Å²) < 4.78 is 0. The van der Waals surface area contributed by atoms with Gasteiger partial charge in [0.1, 0.15) is 0 Å². The zero-order chi connectivity index (χ0) is 18.7. The first kappa shape index (κ1) is 18.8. The van der Waals surface area contributed by atoms with Crippen molar-refractivity contribution in [3.63, 3.8) is 0 Å². The van der Waals surface area contributed by atoms with Crippen molar-refractivity contribution in [2.24, 2.45) is 0 Å². The Kier molecular flexibility index (Phi) is 5.92. The molecule has 0 aliphatic carbocycles. The summed E-state index contributed by atoms with van der Waals surface area (Å²) in [6.45, 7) is 11.8. The first-order chi connectivity index (χ1) is 12.5. The lowest BCUT2D eigenvalue weighted by atomic mass is 10.1. The molecule has 26 heavy (non-hydrogen) atoms. The van der Waals surface area contributed by atoms with Gasteiger partial charge in [0.25, 0.3) is 0 Å². The zero-order valence-electron chi connectivity index (χ0n) is 16.2. The van der Waals surface area contributed by atoms with Crippen LogP contribution in [0.3, 0.4) is 0 Å². The van der Waals surface area contributed by atoms with Crippen molar-refractivity contribution in [1.82, 2.24) is 4.90 Å². The summed E-state index contributed by atoms with van der Waals surface area (Å²) in [6, 6.07) is 14.9. The van der Waals surface area contributed by atoms with Crippen molar-refractivity contribution < 1.29 is 4.79 Å². The Morgan fingerprint density at radius 3 is 2.27 bits per heavy atom. The Bertz CT molecular complexity index is 764. The summed E-state index contributed by atoms with van der Waals surface area (Å²) >= 11 is 1.65. The van der Waals surface area contributed by atoms with Crippen molar-refractivity contribution in [1.29, 1.82) is 0 Å². The molecule has 3 rings (SSSR count). The number of hydrogen-bond acceptors (Lipinski definition) is 3. The maximum atomic E-state index is 12.8. The number of anilines is 1. The van der Waals surface area contributed by atoms with Gasteiger partial charge in [-0.15, -0.1) is 11.8 Å². The van der Waals surface area contributed by atoms with Crippen molar-refractivity contribution in [3.05, 3.63) is 59.2 Å². The van der Waals surface area contributed by atoms with Gasteiger partial charge in [0.15, 0.2) is 0 Å². The van der Waals surface area contributed by atoms with Crippen LogP contribution in [-0.2, 0) is 4.79 Å². The fraction of sp³-hybridized carbons (Fsp3) is 0.409. The van der Waals surface area contributed by atoms with Gasteiger partial charge in [-0.1, -0.05) is 29.8 Å². The third-order valence-electron chi connectivity index (χ3n) is 5.19. The van der Waals surface area contributed by atoms with Crippen molar-refractivity contribution in [2.75, 3.05) is 31.1 Å². The zero-order valence-corrected chi connectivity index (χ0v) is 17.0. The van der Waals surface area contributed by atoms with Gasteiger partial charge in [0.2, 0.25) is 5.91 Å². The number of rotatable bonds is 4. The lowest BCUT2D eigenvalue weighted by Gasteiger charge is -2.38. The van der Waals surface area contributed by atoms with Gasteiger partial charge in [-0.25, -0.2) is 0 Å². The summed E-state index contributed by atoms with van der Waals surface area (Å²) in [5, 5.41) is -0.0510. The first-order valence-electron chi connectivity index (χ1n) is 9.29. The monoisotopic (exact) mass is 368 g/mol. The fourth-order valence-corrected chi connectivity index (χ4v) is 4.33. The smallest absolute Gasteiger partial charge is 0.235 e. The normalized spacial score (nSPS) is 15.8. The standard InChI is InChI=1S/C22H28N2OS/c1-16-8-10-20(11-9-16)26-19(4)22(25)24-14-12-23(13-15-24)21-7-5-6-17(2)18(21)3/h5-11,19H,12-15H2,1-4H3/t19-/m0/s1. The Morgan fingerprint density at radius 2 is 1.62 bits per heavy atom. The summed E-state index contributed by atoms with van der Waals surface area (Å²) in [6.07, 6.45) is 0. The quantitative estimate of drug-likeness (QED) is 0.746. The molecule has 3 nitrogen and oxygen atoms in total. The van der Waals surface area contributed by atoms with Crippen LogP contribution in [0.4, 0.5) is 5.69 Å². The molecule has 0 spiro atoms. The molecule has 0 aromatic heterocycles. The van der Waals surface area contributed by atoms with E-state index in [2.05, 4.69) is 68.1 Å². The second-order valence-electron chi connectivity index (χ2n) is 7.10. The lowest BCUT2D eigenvalue weighted by molar-refractivity contribution is -0.130. The van der Waals surface area contributed by atoms with Crippen LogP contribution in [0.1, 0.15) is 23.6 Å². The Morgan fingerprint density at radius 1 is 0.962 bits per heavy atom.